The van der Waals surface area contributed by atoms with Gasteiger partial charge in [-0.2, -0.15) is 0 Å². The number of aromatic nitrogens is 2. The van der Waals surface area contributed by atoms with Gasteiger partial charge in [0.15, 0.2) is 0 Å². The molecule has 0 bridgehead atoms. The minimum absolute atomic E-state index is 0.288. The fraction of sp³-hybridized carbons (Fsp3) is 0.130. The summed E-state index contributed by atoms with van der Waals surface area (Å²) in [5.41, 5.74) is 5.01. The van der Waals surface area contributed by atoms with Crippen LogP contribution in [0, 0.1) is 19.7 Å². The lowest BCUT2D eigenvalue weighted by atomic mass is 10.0. The fourth-order valence-electron chi connectivity index (χ4n) is 2.99. The first-order valence-corrected chi connectivity index (χ1v) is 9.08. The Morgan fingerprint density at radius 1 is 0.857 bits per heavy atom. The van der Waals surface area contributed by atoms with E-state index in [1.54, 1.807) is 12.1 Å². The Morgan fingerprint density at radius 2 is 1.61 bits per heavy atom. The first kappa shape index (κ1) is 17.9. The molecule has 0 aliphatic heterocycles. The molecule has 1 heterocycles. The second-order valence-electron chi connectivity index (χ2n) is 6.74. The smallest absolute Gasteiger partial charge is 0.247 e. The monoisotopic (exact) mass is 373 g/mol. The highest BCUT2D eigenvalue weighted by molar-refractivity contribution is 5.53. The average molecular weight is 373 g/mol. The van der Waals surface area contributed by atoms with Gasteiger partial charge in [-0.15, -0.1) is 10.2 Å². The molecule has 28 heavy (non-hydrogen) atoms. The topological polar surface area (TPSA) is 51.0 Å². The second kappa shape index (κ2) is 7.64. The number of rotatable bonds is 5. The molecule has 4 nitrogen and oxygen atoms in total. The Balaban J connectivity index is 1.71. The van der Waals surface area contributed by atoms with Crippen molar-refractivity contribution in [2.45, 2.75) is 19.9 Å². The van der Waals surface area contributed by atoms with E-state index in [2.05, 4.69) is 41.5 Å². The van der Waals surface area contributed by atoms with Crippen molar-refractivity contribution in [1.29, 1.82) is 0 Å². The summed E-state index contributed by atoms with van der Waals surface area (Å²) in [5.74, 6) is 0.581. The molecule has 0 radical (unpaired) electrons. The molecule has 1 unspecified atom stereocenters. The molecule has 0 aliphatic carbocycles. The highest BCUT2D eigenvalue weighted by atomic mass is 19.1. The number of halogens is 1. The van der Waals surface area contributed by atoms with Gasteiger partial charge < -0.3 is 9.73 Å². The van der Waals surface area contributed by atoms with Crippen LogP contribution in [-0.4, -0.2) is 10.2 Å². The summed E-state index contributed by atoms with van der Waals surface area (Å²) in [6, 6.07) is 21.7. The first-order chi connectivity index (χ1) is 13.6. The van der Waals surface area contributed by atoms with Crippen LogP contribution in [0.1, 0.15) is 28.6 Å². The van der Waals surface area contributed by atoms with Gasteiger partial charge >= 0.3 is 0 Å². The Morgan fingerprint density at radius 3 is 2.32 bits per heavy atom. The molecule has 4 aromatic rings. The lowest BCUT2D eigenvalue weighted by Crippen LogP contribution is -2.13. The van der Waals surface area contributed by atoms with Crippen molar-refractivity contribution in [2.24, 2.45) is 0 Å². The Kier molecular flexibility index (Phi) is 4.89. The van der Waals surface area contributed by atoms with Crippen LogP contribution in [0.5, 0.6) is 0 Å². The number of aryl methyl sites for hydroxylation is 2. The van der Waals surface area contributed by atoms with E-state index in [1.165, 1.54) is 23.3 Å². The number of hydrogen-bond donors (Lipinski definition) is 1. The summed E-state index contributed by atoms with van der Waals surface area (Å²) in [6.45, 7) is 4.13. The van der Waals surface area contributed by atoms with Crippen molar-refractivity contribution < 1.29 is 8.81 Å². The Labute approximate surface area is 163 Å². The highest BCUT2D eigenvalue weighted by Crippen LogP contribution is 2.29. The molecule has 0 saturated heterocycles. The molecule has 1 N–H and O–H groups in total. The van der Waals surface area contributed by atoms with Crippen molar-refractivity contribution in [3.63, 3.8) is 0 Å². The molecule has 1 atom stereocenters. The molecule has 0 fully saturated rings. The highest BCUT2D eigenvalue weighted by Gasteiger charge is 2.22. The van der Waals surface area contributed by atoms with E-state index < -0.39 is 6.04 Å². The van der Waals surface area contributed by atoms with E-state index in [-0.39, 0.29) is 5.82 Å². The minimum Gasteiger partial charge on any atom is -0.418 e. The molecule has 0 aliphatic rings. The maximum Gasteiger partial charge on any atom is 0.247 e. The van der Waals surface area contributed by atoms with Crippen molar-refractivity contribution in [3.05, 3.63) is 101 Å². The average Bonchev–Trinajstić information content (AvgIpc) is 3.20. The van der Waals surface area contributed by atoms with E-state index in [0.29, 0.717) is 11.8 Å². The fourth-order valence-corrected chi connectivity index (χ4v) is 2.99. The maximum atomic E-state index is 13.4. The lowest BCUT2D eigenvalue weighted by Gasteiger charge is -2.18. The Hall–Kier alpha value is -3.47. The van der Waals surface area contributed by atoms with Gasteiger partial charge in [0.1, 0.15) is 11.9 Å². The third-order valence-corrected chi connectivity index (χ3v) is 4.73. The molecule has 0 spiro atoms. The lowest BCUT2D eigenvalue weighted by molar-refractivity contribution is 0.494. The molecular weight excluding hydrogens is 353 g/mol. The van der Waals surface area contributed by atoms with Crippen molar-refractivity contribution >= 4 is 5.69 Å². The van der Waals surface area contributed by atoms with Crippen LogP contribution in [-0.2, 0) is 0 Å². The van der Waals surface area contributed by atoms with E-state index in [0.717, 1.165) is 16.8 Å². The van der Waals surface area contributed by atoms with Crippen LogP contribution < -0.4 is 5.32 Å². The summed E-state index contributed by atoms with van der Waals surface area (Å²) >= 11 is 0. The van der Waals surface area contributed by atoms with Crippen LogP contribution in [0.25, 0.3) is 11.5 Å². The van der Waals surface area contributed by atoms with Gasteiger partial charge in [-0.25, -0.2) is 4.39 Å². The number of nitrogens with zero attached hydrogens (tertiary/aromatic N) is 2. The van der Waals surface area contributed by atoms with Crippen LogP contribution in [0.2, 0.25) is 0 Å². The third kappa shape index (κ3) is 3.78. The van der Waals surface area contributed by atoms with Crippen molar-refractivity contribution in [2.75, 3.05) is 5.32 Å². The predicted octanol–water partition coefficient (Wildman–Crippen LogP) is 5.69. The molecule has 140 valence electrons. The molecule has 4 rings (SSSR count). The van der Waals surface area contributed by atoms with Crippen molar-refractivity contribution in [1.82, 2.24) is 10.2 Å². The maximum absolute atomic E-state index is 13.4. The summed E-state index contributed by atoms with van der Waals surface area (Å²) in [7, 11) is 0. The predicted molar refractivity (Wildman–Crippen MR) is 108 cm³/mol. The summed E-state index contributed by atoms with van der Waals surface area (Å²) in [6.07, 6.45) is 0. The zero-order chi connectivity index (χ0) is 19.5. The van der Waals surface area contributed by atoms with Gasteiger partial charge in [0, 0.05) is 11.3 Å². The second-order valence-corrected chi connectivity index (χ2v) is 6.74. The van der Waals surface area contributed by atoms with Crippen LogP contribution in [0.3, 0.4) is 0 Å². The van der Waals surface area contributed by atoms with Gasteiger partial charge in [0.2, 0.25) is 11.8 Å². The van der Waals surface area contributed by atoms with E-state index in [9.17, 15) is 4.39 Å². The largest absolute Gasteiger partial charge is 0.418 e. The molecule has 5 heteroatoms. The first-order valence-electron chi connectivity index (χ1n) is 9.08. The number of nitrogens with one attached hydrogen (secondary N) is 1. The van der Waals surface area contributed by atoms with E-state index >= 15 is 0 Å². The molecule has 0 amide bonds. The van der Waals surface area contributed by atoms with Gasteiger partial charge in [0.25, 0.3) is 0 Å². The SMILES string of the molecule is Cc1ccc(NC(c2ccc(F)cc2)c2nnc(-c3ccccc3)o2)cc1C. The summed E-state index contributed by atoms with van der Waals surface area (Å²) < 4.78 is 19.4. The van der Waals surface area contributed by atoms with Crippen LogP contribution in [0.15, 0.2) is 77.2 Å². The summed E-state index contributed by atoms with van der Waals surface area (Å²) in [5, 5.41) is 11.9. The standard InChI is InChI=1S/C23H20FN3O/c1-15-8-13-20(14-16(15)2)25-21(17-9-11-19(24)12-10-17)23-27-26-22(28-23)18-6-4-3-5-7-18/h3-14,21,25H,1-2H3. The van der Waals surface area contributed by atoms with Gasteiger partial charge in [0.05, 0.1) is 0 Å². The van der Waals surface area contributed by atoms with Gasteiger partial charge in [-0.1, -0.05) is 36.4 Å². The Bertz CT molecular complexity index is 1070. The van der Waals surface area contributed by atoms with Crippen LogP contribution in [0.4, 0.5) is 10.1 Å². The number of hydrogen-bond acceptors (Lipinski definition) is 4. The van der Waals surface area contributed by atoms with Crippen molar-refractivity contribution in [3.8, 4) is 11.5 Å². The van der Waals surface area contributed by atoms with Gasteiger partial charge in [-0.05, 0) is 66.9 Å². The van der Waals surface area contributed by atoms with E-state index in [1.807, 2.05) is 36.4 Å². The van der Waals surface area contributed by atoms with Crippen LogP contribution >= 0.6 is 0 Å². The number of benzene rings is 3. The normalized spacial score (nSPS) is 12.0. The third-order valence-electron chi connectivity index (χ3n) is 4.73. The zero-order valence-corrected chi connectivity index (χ0v) is 15.7. The number of anilines is 1. The van der Waals surface area contributed by atoms with Gasteiger partial charge in [-0.3, -0.25) is 0 Å². The quantitative estimate of drug-likeness (QED) is 0.488. The summed E-state index contributed by atoms with van der Waals surface area (Å²) in [4.78, 5) is 0. The molecule has 3 aromatic carbocycles. The molecule has 0 saturated carbocycles. The molecule has 1 aromatic heterocycles. The molecular formula is C23H20FN3O. The van der Waals surface area contributed by atoms with E-state index in [4.69, 9.17) is 4.42 Å². The zero-order valence-electron chi connectivity index (χ0n) is 15.7. The minimum atomic E-state index is -0.396.